The van der Waals surface area contributed by atoms with Gasteiger partial charge in [-0.2, -0.15) is 0 Å². The summed E-state index contributed by atoms with van der Waals surface area (Å²) in [7, 11) is 0. The summed E-state index contributed by atoms with van der Waals surface area (Å²) in [4.78, 5) is 13.4. The number of hydrogen-bond acceptors (Lipinski definition) is 6. The van der Waals surface area contributed by atoms with E-state index in [1.54, 1.807) is 18.0 Å². The third-order valence-corrected chi connectivity index (χ3v) is 5.49. The van der Waals surface area contributed by atoms with E-state index in [9.17, 15) is 4.79 Å². The molecule has 132 valence electrons. The monoisotopic (exact) mass is 358 g/mol. The van der Waals surface area contributed by atoms with E-state index in [4.69, 9.17) is 4.52 Å². The molecule has 2 fully saturated rings. The average molecular weight is 358 g/mol. The highest BCUT2D eigenvalue weighted by Gasteiger charge is 2.28. The summed E-state index contributed by atoms with van der Waals surface area (Å²) in [6.45, 7) is 2.15. The maximum Gasteiger partial charge on any atom is 0.277 e. The zero-order valence-electron chi connectivity index (χ0n) is 14.0. The molecule has 6 nitrogen and oxygen atoms in total. The van der Waals surface area contributed by atoms with Crippen LogP contribution in [0.4, 0.5) is 5.69 Å². The van der Waals surface area contributed by atoms with E-state index in [0.29, 0.717) is 17.7 Å². The fraction of sp³-hybridized carbons (Fsp3) is 0.444. The van der Waals surface area contributed by atoms with Gasteiger partial charge in [-0.05, 0) is 75.0 Å². The van der Waals surface area contributed by atoms with Crippen molar-refractivity contribution in [3.05, 3.63) is 41.8 Å². The predicted molar refractivity (Wildman–Crippen MR) is 97.8 cm³/mol. The Morgan fingerprint density at radius 1 is 1.16 bits per heavy atom. The molecule has 0 bridgehead atoms. The third-order valence-electron chi connectivity index (χ3n) is 4.54. The van der Waals surface area contributed by atoms with E-state index in [1.807, 2.05) is 24.3 Å². The molecule has 1 aromatic carbocycles. The van der Waals surface area contributed by atoms with Gasteiger partial charge < -0.3 is 15.2 Å². The summed E-state index contributed by atoms with van der Waals surface area (Å²) >= 11 is 1.65. The lowest BCUT2D eigenvalue weighted by Crippen LogP contribution is -2.37. The van der Waals surface area contributed by atoms with Gasteiger partial charge in [-0.1, -0.05) is 5.16 Å². The zero-order valence-corrected chi connectivity index (χ0v) is 14.8. The van der Waals surface area contributed by atoms with Gasteiger partial charge >= 0.3 is 0 Å². The summed E-state index contributed by atoms with van der Waals surface area (Å²) in [5.74, 6) is 1.04. The largest absolute Gasteiger partial charge is 0.360 e. The van der Waals surface area contributed by atoms with Crippen LogP contribution in [0, 0.1) is 0 Å². The Labute approximate surface area is 151 Å². The molecule has 2 aromatic rings. The first kappa shape index (κ1) is 16.6. The molecule has 1 amide bonds. The SMILES string of the molecule is O=C(Nc1ccc(SNC2CCNCC2)cc1)c1cc(C2CC2)on1. The molecular formula is C18H22N4O2S. The van der Waals surface area contributed by atoms with Crippen LogP contribution >= 0.6 is 11.9 Å². The Kier molecular flexibility index (Phi) is 5.05. The van der Waals surface area contributed by atoms with E-state index in [1.165, 1.54) is 0 Å². The van der Waals surface area contributed by atoms with Crippen LogP contribution in [0.3, 0.4) is 0 Å². The summed E-state index contributed by atoms with van der Waals surface area (Å²) < 4.78 is 8.74. The van der Waals surface area contributed by atoms with Gasteiger partial charge in [0.1, 0.15) is 5.76 Å². The van der Waals surface area contributed by atoms with Gasteiger partial charge in [-0.3, -0.25) is 9.52 Å². The number of benzene rings is 1. The minimum atomic E-state index is -0.233. The lowest BCUT2D eigenvalue weighted by atomic mass is 10.1. The molecule has 1 saturated carbocycles. The summed E-state index contributed by atoms with van der Waals surface area (Å²) in [6, 6.07) is 10.1. The average Bonchev–Trinajstić information content (AvgIpc) is 3.38. The first-order valence-electron chi connectivity index (χ1n) is 8.79. The molecule has 4 rings (SSSR count). The molecule has 7 heteroatoms. The van der Waals surface area contributed by atoms with E-state index < -0.39 is 0 Å². The van der Waals surface area contributed by atoms with E-state index in [-0.39, 0.29) is 5.91 Å². The summed E-state index contributed by atoms with van der Waals surface area (Å²) in [5.41, 5.74) is 1.10. The number of anilines is 1. The maximum atomic E-state index is 12.2. The van der Waals surface area contributed by atoms with Crippen LogP contribution in [0.15, 0.2) is 39.8 Å². The molecule has 2 heterocycles. The molecule has 0 radical (unpaired) electrons. The van der Waals surface area contributed by atoms with Crippen molar-refractivity contribution < 1.29 is 9.32 Å². The Balaban J connectivity index is 1.29. The minimum absolute atomic E-state index is 0.233. The molecule has 0 spiro atoms. The number of aromatic nitrogens is 1. The van der Waals surface area contributed by atoms with Crippen LogP contribution in [0.2, 0.25) is 0 Å². The minimum Gasteiger partial charge on any atom is -0.360 e. The van der Waals surface area contributed by atoms with Crippen molar-refractivity contribution in [2.24, 2.45) is 0 Å². The van der Waals surface area contributed by atoms with Crippen LogP contribution in [0.25, 0.3) is 0 Å². The van der Waals surface area contributed by atoms with E-state index >= 15 is 0 Å². The van der Waals surface area contributed by atoms with Crippen LogP contribution < -0.4 is 15.4 Å². The van der Waals surface area contributed by atoms with E-state index in [0.717, 1.165) is 55.1 Å². The number of rotatable bonds is 6. The second-order valence-corrected chi connectivity index (χ2v) is 7.52. The first-order chi connectivity index (χ1) is 12.3. The van der Waals surface area contributed by atoms with Crippen LogP contribution in [0.5, 0.6) is 0 Å². The van der Waals surface area contributed by atoms with Crippen molar-refractivity contribution in [1.29, 1.82) is 0 Å². The quantitative estimate of drug-likeness (QED) is 0.689. The molecule has 2 aliphatic rings. The van der Waals surface area contributed by atoms with Crippen LogP contribution in [0.1, 0.15) is 47.8 Å². The number of carbonyl (C=O) groups excluding carboxylic acids is 1. The highest BCUT2D eigenvalue weighted by molar-refractivity contribution is 7.97. The highest BCUT2D eigenvalue weighted by atomic mass is 32.2. The van der Waals surface area contributed by atoms with Gasteiger partial charge in [0.05, 0.1) is 0 Å². The fourth-order valence-corrected chi connectivity index (χ4v) is 3.66. The lowest BCUT2D eigenvalue weighted by molar-refractivity contribution is 0.101. The van der Waals surface area contributed by atoms with Gasteiger partial charge in [-0.15, -0.1) is 0 Å². The fourth-order valence-electron chi connectivity index (χ4n) is 2.85. The van der Waals surface area contributed by atoms with Gasteiger partial charge in [0.25, 0.3) is 5.91 Å². The molecule has 1 saturated heterocycles. The topological polar surface area (TPSA) is 79.2 Å². The third kappa shape index (κ3) is 4.42. The van der Waals surface area contributed by atoms with Gasteiger partial charge in [0, 0.05) is 28.6 Å². The number of nitrogens with one attached hydrogen (secondary N) is 3. The first-order valence-corrected chi connectivity index (χ1v) is 9.61. The van der Waals surface area contributed by atoms with Crippen molar-refractivity contribution in [3.8, 4) is 0 Å². The molecule has 0 atom stereocenters. The molecule has 1 aliphatic heterocycles. The molecule has 0 unspecified atom stereocenters. The van der Waals surface area contributed by atoms with Crippen LogP contribution in [-0.4, -0.2) is 30.2 Å². The standard InChI is InChI=1S/C18H22N4O2S/c23-18(16-11-17(24-21-16)12-1-2-12)20-13-3-5-15(6-4-13)25-22-14-7-9-19-10-8-14/h3-6,11-12,14,19,22H,1-2,7-10H2,(H,20,23). The van der Waals surface area contributed by atoms with Crippen molar-refractivity contribution in [2.45, 2.75) is 42.5 Å². The Hall–Kier alpha value is -1.83. The van der Waals surface area contributed by atoms with E-state index in [2.05, 4.69) is 20.5 Å². The normalized spacial score (nSPS) is 18.2. The molecule has 1 aromatic heterocycles. The predicted octanol–water partition coefficient (Wildman–Crippen LogP) is 3.15. The Morgan fingerprint density at radius 3 is 2.64 bits per heavy atom. The number of piperidine rings is 1. The second-order valence-electron chi connectivity index (χ2n) is 6.61. The van der Waals surface area contributed by atoms with Crippen molar-refractivity contribution >= 4 is 23.5 Å². The Bertz CT molecular complexity index is 721. The van der Waals surface area contributed by atoms with Crippen molar-refractivity contribution in [3.63, 3.8) is 0 Å². The lowest BCUT2D eigenvalue weighted by Gasteiger charge is -2.23. The summed E-state index contributed by atoms with van der Waals surface area (Å²) in [6.07, 6.45) is 4.56. The van der Waals surface area contributed by atoms with Crippen molar-refractivity contribution in [1.82, 2.24) is 15.2 Å². The molecule has 25 heavy (non-hydrogen) atoms. The maximum absolute atomic E-state index is 12.2. The zero-order chi connectivity index (χ0) is 17.1. The Morgan fingerprint density at radius 2 is 1.92 bits per heavy atom. The van der Waals surface area contributed by atoms with Gasteiger partial charge in [0.15, 0.2) is 5.69 Å². The number of carbonyl (C=O) groups is 1. The second kappa shape index (κ2) is 7.59. The van der Waals surface area contributed by atoms with Crippen molar-refractivity contribution in [2.75, 3.05) is 18.4 Å². The highest BCUT2D eigenvalue weighted by Crippen LogP contribution is 2.40. The number of amides is 1. The molecular weight excluding hydrogens is 336 g/mol. The number of hydrogen-bond donors (Lipinski definition) is 3. The molecule has 1 aliphatic carbocycles. The number of nitrogens with zero attached hydrogens (tertiary/aromatic N) is 1. The summed E-state index contributed by atoms with van der Waals surface area (Å²) in [5, 5.41) is 10.1. The van der Waals surface area contributed by atoms with Gasteiger partial charge in [-0.25, -0.2) is 0 Å². The molecule has 3 N–H and O–H groups in total. The van der Waals surface area contributed by atoms with Crippen LogP contribution in [-0.2, 0) is 0 Å². The smallest absolute Gasteiger partial charge is 0.277 e. The van der Waals surface area contributed by atoms with Gasteiger partial charge in [0.2, 0.25) is 0 Å².